The van der Waals surface area contributed by atoms with Gasteiger partial charge in [0.2, 0.25) is 0 Å². The van der Waals surface area contributed by atoms with E-state index < -0.39 is 0 Å². The van der Waals surface area contributed by atoms with Gasteiger partial charge >= 0.3 is 0 Å². The predicted molar refractivity (Wildman–Crippen MR) is 55.9 cm³/mol. The summed E-state index contributed by atoms with van der Waals surface area (Å²) in [5, 5.41) is 8.37. The minimum Gasteiger partial charge on any atom is -0.380 e. The van der Waals surface area contributed by atoms with Crippen LogP contribution in [0.4, 0.5) is 0 Å². The van der Waals surface area contributed by atoms with Crippen molar-refractivity contribution in [3.8, 4) is 6.07 Å². The van der Waals surface area contributed by atoms with Crippen LogP contribution in [0.15, 0.2) is 0 Å². The summed E-state index contributed by atoms with van der Waals surface area (Å²) in [6, 6.07) is 2.16. The third-order valence-corrected chi connectivity index (χ3v) is 2.50. The number of nitrogens with zero attached hydrogens (tertiary/aromatic N) is 2. The van der Waals surface area contributed by atoms with Crippen molar-refractivity contribution in [2.45, 2.75) is 25.7 Å². The number of ether oxygens (including phenoxy) is 1. The SMILES string of the molecule is CN(CCCC#N)CCOCC1CC1. The van der Waals surface area contributed by atoms with Crippen LogP contribution < -0.4 is 0 Å². The van der Waals surface area contributed by atoms with Gasteiger partial charge in [-0.05, 0) is 38.8 Å². The van der Waals surface area contributed by atoms with Crippen LogP contribution in [-0.4, -0.2) is 38.3 Å². The summed E-state index contributed by atoms with van der Waals surface area (Å²) < 4.78 is 5.53. The maximum Gasteiger partial charge on any atom is 0.0622 e. The summed E-state index contributed by atoms with van der Waals surface area (Å²) in [5.41, 5.74) is 0. The summed E-state index contributed by atoms with van der Waals surface area (Å²) in [6.45, 7) is 3.77. The Hall–Kier alpha value is -0.590. The zero-order valence-electron chi connectivity index (χ0n) is 9.04. The molecule has 0 heterocycles. The molecular weight excluding hydrogens is 176 g/mol. The zero-order chi connectivity index (χ0) is 10.2. The second-order valence-corrected chi connectivity index (χ2v) is 4.08. The van der Waals surface area contributed by atoms with Gasteiger partial charge in [0.1, 0.15) is 0 Å². The van der Waals surface area contributed by atoms with Crippen molar-refractivity contribution < 1.29 is 4.74 Å². The smallest absolute Gasteiger partial charge is 0.0622 e. The van der Waals surface area contributed by atoms with E-state index in [1.165, 1.54) is 12.8 Å². The molecule has 1 aliphatic rings. The predicted octanol–water partition coefficient (Wildman–Crippen LogP) is 1.65. The van der Waals surface area contributed by atoms with Crippen LogP contribution in [0.3, 0.4) is 0 Å². The van der Waals surface area contributed by atoms with Crippen LogP contribution in [0.1, 0.15) is 25.7 Å². The minimum absolute atomic E-state index is 0.660. The van der Waals surface area contributed by atoms with Gasteiger partial charge < -0.3 is 9.64 Å². The summed E-state index contributed by atoms with van der Waals surface area (Å²) in [4.78, 5) is 2.23. The third kappa shape index (κ3) is 5.95. The zero-order valence-corrected chi connectivity index (χ0v) is 9.04. The molecule has 1 aliphatic carbocycles. The number of hydrogen-bond acceptors (Lipinski definition) is 3. The van der Waals surface area contributed by atoms with Gasteiger partial charge in [-0.1, -0.05) is 0 Å². The van der Waals surface area contributed by atoms with E-state index in [0.717, 1.165) is 38.6 Å². The van der Waals surface area contributed by atoms with E-state index in [-0.39, 0.29) is 0 Å². The average molecular weight is 196 g/mol. The Bertz CT molecular complexity index is 184. The first-order valence-corrected chi connectivity index (χ1v) is 5.46. The second-order valence-electron chi connectivity index (χ2n) is 4.08. The number of nitriles is 1. The van der Waals surface area contributed by atoms with Crippen molar-refractivity contribution in [3.63, 3.8) is 0 Å². The highest BCUT2D eigenvalue weighted by Crippen LogP contribution is 2.28. The van der Waals surface area contributed by atoms with Crippen molar-refractivity contribution in [1.29, 1.82) is 5.26 Å². The number of likely N-dealkylation sites (N-methyl/N-ethyl adjacent to an activating group) is 1. The fraction of sp³-hybridized carbons (Fsp3) is 0.909. The Kier molecular flexibility index (Phi) is 5.58. The highest BCUT2D eigenvalue weighted by atomic mass is 16.5. The Morgan fingerprint density at radius 2 is 2.21 bits per heavy atom. The van der Waals surface area contributed by atoms with E-state index in [1.807, 2.05) is 0 Å². The molecule has 1 rings (SSSR count). The highest BCUT2D eigenvalue weighted by molar-refractivity contribution is 4.72. The molecule has 0 saturated heterocycles. The molecule has 1 saturated carbocycles. The van der Waals surface area contributed by atoms with Crippen molar-refractivity contribution >= 4 is 0 Å². The van der Waals surface area contributed by atoms with Gasteiger partial charge in [-0.15, -0.1) is 0 Å². The molecule has 0 aromatic carbocycles. The topological polar surface area (TPSA) is 36.3 Å². The second kappa shape index (κ2) is 6.80. The lowest BCUT2D eigenvalue weighted by atomic mass is 10.3. The molecule has 0 atom stereocenters. The molecular formula is C11H20N2O. The number of rotatable bonds is 8. The van der Waals surface area contributed by atoms with E-state index in [1.54, 1.807) is 0 Å². The largest absolute Gasteiger partial charge is 0.380 e. The van der Waals surface area contributed by atoms with Crippen molar-refractivity contribution in [2.24, 2.45) is 5.92 Å². The maximum absolute atomic E-state index is 8.37. The number of unbranched alkanes of at least 4 members (excludes halogenated alkanes) is 1. The van der Waals surface area contributed by atoms with Crippen LogP contribution in [0.25, 0.3) is 0 Å². The fourth-order valence-corrected chi connectivity index (χ4v) is 1.29. The molecule has 14 heavy (non-hydrogen) atoms. The van der Waals surface area contributed by atoms with E-state index in [4.69, 9.17) is 10.00 Å². The van der Waals surface area contributed by atoms with Crippen molar-refractivity contribution in [1.82, 2.24) is 4.90 Å². The highest BCUT2D eigenvalue weighted by Gasteiger charge is 2.20. The van der Waals surface area contributed by atoms with Crippen LogP contribution in [0.2, 0.25) is 0 Å². The standard InChI is InChI=1S/C11H20N2O/c1-13(7-3-2-6-12)8-9-14-10-11-4-5-11/h11H,2-5,7-10H2,1H3. The molecule has 3 nitrogen and oxygen atoms in total. The first-order chi connectivity index (χ1) is 6.83. The maximum atomic E-state index is 8.37. The Morgan fingerprint density at radius 1 is 1.43 bits per heavy atom. The molecule has 0 spiro atoms. The van der Waals surface area contributed by atoms with Gasteiger partial charge in [0.25, 0.3) is 0 Å². The van der Waals surface area contributed by atoms with Gasteiger partial charge in [0, 0.05) is 19.6 Å². The first-order valence-electron chi connectivity index (χ1n) is 5.46. The van der Waals surface area contributed by atoms with Gasteiger partial charge in [-0.3, -0.25) is 0 Å². The van der Waals surface area contributed by atoms with E-state index >= 15 is 0 Å². The van der Waals surface area contributed by atoms with Crippen LogP contribution in [0, 0.1) is 17.2 Å². The lowest BCUT2D eigenvalue weighted by Crippen LogP contribution is -2.24. The monoisotopic (exact) mass is 196 g/mol. The van der Waals surface area contributed by atoms with Crippen LogP contribution in [-0.2, 0) is 4.74 Å². The lowest BCUT2D eigenvalue weighted by Gasteiger charge is -2.15. The molecule has 0 aromatic heterocycles. The van der Waals surface area contributed by atoms with Crippen LogP contribution >= 0.6 is 0 Å². The first kappa shape index (κ1) is 11.5. The van der Waals surface area contributed by atoms with E-state index in [9.17, 15) is 0 Å². The van der Waals surface area contributed by atoms with E-state index in [2.05, 4.69) is 18.0 Å². The van der Waals surface area contributed by atoms with Crippen LogP contribution in [0.5, 0.6) is 0 Å². The number of hydrogen-bond donors (Lipinski definition) is 0. The molecule has 80 valence electrons. The molecule has 0 N–H and O–H groups in total. The molecule has 0 radical (unpaired) electrons. The molecule has 3 heteroatoms. The summed E-state index contributed by atoms with van der Waals surface area (Å²) in [7, 11) is 2.08. The summed E-state index contributed by atoms with van der Waals surface area (Å²) in [6.07, 6.45) is 4.35. The fourth-order valence-electron chi connectivity index (χ4n) is 1.29. The van der Waals surface area contributed by atoms with E-state index in [0.29, 0.717) is 6.42 Å². The van der Waals surface area contributed by atoms with Gasteiger partial charge in [0.05, 0.1) is 12.7 Å². The average Bonchev–Trinajstić information content (AvgIpc) is 2.97. The molecule has 0 bridgehead atoms. The summed E-state index contributed by atoms with van der Waals surface area (Å²) in [5.74, 6) is 0.860. The molecule has 1 fully saturated rings. The molecule has 0 amide bonds. The molecule has 0 aliphatic heterocycles. The normalized spacial score (nSPS) is 15.8. The summed E-state index contributed by atoms with van der Waals surface area (Å²) >= 11 is 0. The quantitative estimate of drug-likeness (QED) is 0.554. The van der Waals surface area contributed by atoms with Gasteiger partial charge in [0.15, 0.2) is 0 Å². The molecule has 0 unspecified atom stereocenters. The molecule has 0 aromatic rings. The van der Waals surface area contributed by atoms with Crippen molar-refractivity contribution in [3.05, 3.63) is 0 Å². The van der Waals surface area contributed by atoms with Gasteiger partial charge in [-0.2, -0.15) is 5.26 Å². The minimum atomic E-state index is 0.660. The Balaban J connectivity index is 1.81. The lowest BCUT2D eigenvalue weighted by molar-refractivity contribution is 0.103. The van der Waals surface area contributed by atoms with Gasteiger partial charge in [-0.25, -0.2) is 0 Å². The Labute approximate surface area is 86.6 Å². The van der Waals surface area contributed by atoms with Crippen molar-refractivity contribution in [2.75, 3.05) is 33.4 Å². The Morgan fingerprint density at radius 3 is 2.86 bits per heavy atom. The third-order valence-electron chi connectivity index (χ3n) is 2.50.